The monoisotopic (exact) mass is 351 g/mol. The third kappa shape index (κ3) is 2.95. The molecule has 7 heteroatoms. The average Bonchev–Trinajstić information content (AvgIpc) is 3.06. The molecule has 3 heterocycles. The molecule has 3 N–H and O–H groups in total. The van der Waals surface area contributed by atoms with Crippen molar-refractivity contribution in [1.82, 2.24) is 15.3 Å². The van der Waals surface area contributed by atoms with Crippen molar-refractivity contribution in [2.24, 2.45) is 0 Å². The summed E-state index contributed by atoms with van der Waals surface area (Å²) in [4.78, 5) is 30.3. The van der Waals surface area contributed by atoms with Crippen molar-refractivity contribution in [2.75, 3.05) is 13.2 Å². The molecule has 3 aromatic rings. The van der Waals surface area contributed by atoms with E-state index in [1.54, 1.807) is 12.3 Å². The summed E-state index contributed by atoms with van der Waals surface area (Å²) in [6, 6.07) is 6.45. The molecule has 0 unspecified atom stereocenters. The van der Waals surface area contributed by atoms with Gasteiger partial charge in [-0.1, -0.05) is 0 Å². The Labute approximate surface area is 149 Å². The minimum atomic E-state index is -0.204. The first-order valence-electron chi connectivity index (χ1n) is 8.46. The van der Waals surface area contributed by atoms with E-state index >= 15 is 0 Å². The summed E-state index contributed by atoms with van der Waals surface area (Å²) in [5.74, 6) is 0.417. The number of aromatic amines is 1. The molecule has 7 nitrogen and oxygen atoms in total. The van der Waals surface area contributed by atoms with Crippen LogP contribution in [0.2, 0.25) is 0 Å². The molecule has 1 amide bonds. The van der Waals surface area contributed by atoms with Crippen LogP contribution in [0.25, 0.3) is 21.5 Å². The Morgan fingerprint density at radius 1 is 1.27 bits per heavy atom. The van der Waals surface area contributed by atoms with E-state index in [0.717, 1.165) is 17.4 Å². The molecule has 1 aliphatic rings. The number of aliphatic hydroxyl groups excluding tert-OH is 1. The number of hydrogen-bond donors (Lipinski definition) is 3. The van der Waals surface area contributed by atoms with Crippen LogP contribution in [0, 0.1) is 12.3 Å². The molecule has 0 saturated carbocycles. The van der Waals surface area contributed by atoms with Gasteiger partial charge in [-0.15, -0.1) is 0 Å². The maximum absolute atomic E-state index is 12.2. The van der Waals surface area contributed by atoms with Crippen LogP contribution in [0.4, 0.5) is 0 Å². The average molecular weight is 351 g/mol. The zero-order valence-corrected chi connectivity index (χ0v) is 14.0. The molecule has 1 saturated heterocycles. The molecule has 4 rings (SSSR count). The summed E-state index contributed by atoms with van der Waals surface area (Å²) < 4.78 is 5.82. The molecule has 1 atom stereocenters. The number of pyridine rings is 1. The van der Waals surface area contributed by atoms with Gasteiger partial charge in [0, 0.05) is 36.2 Å². The van der Waals surface area contributed by atoms with E-state index in [4.69, 9.17) is 4.74 Å². The third-order valence-electron chi connectivity index (χ3n) is 4.59. The molecule has 0 radical (unpaired) electrons. The number of rotatable bonds is 5. The number of hydrogen-bond acceptors (Lipinski definition) is 5. The quantitative estimate of drug-likeness (QED) is 0.633. The van der Waals surface area contributed by atoms with Gasteiger partial charge < -0.3 is 20.1 Å². The Morgan fingerprint density at radius 3 is 2.92 bits per heavy atom. The Morgan fingerprint density at radius 2 is 2.15 bits per heavy atom. The van der Waals surface area contributed by atoms with Crippen molar-refractivity contribution in [3.05, 3.63) is 46.5 Å². The van der Waals surface area contributed by atoms with Crippen molar-refractivity contribution in [3.63, 3.8) is 0 Å². The van der Waals surface area contributed by atoms with Gasteiger partial charge in [0.1, 0.15) is 6.61 Å². The molecule has 132 valence electrons. The van der Waals surface area contributed by atoms with Crippen LogP contribution >= 0.6 is 0 Å². The van der Waals surface area contributed by atoms with Crippen molar-refractivity contribution in [2.45, 2.75) is 25.3 Å². The second kappa shape index (κ2) is 6.65. The summed E-state index contributed by atoms with van der Waals surface area (Å²) in [6.45, 7) is 0.305. The number of fused-ring (bicyclic) bond motifs is 2. The van der Waals surface area contributed by atoms with E-state index in [1.165, 1.54) is 0 Å². The van der Waals surface area contributed by atoms with Crippen LogP contribution in [0.1, 0.15) is 18.4 Å². The molecule has 1 aromatic carbocycles. The van der Waals surface area contributed by atoms with Gasteiger partial charge in [0.25, 0.3) is 5.56 Å². The third-order valence-corrected chi connectivity index (χ3v) is 4.59. The van der Waals surface area contributed by atoms with E-state index in [2.05, 4.69) is 27.5 Å². The molecule has 2 aromatic heterocycles. The minimum Gasteiger partial charge on any atom is -0.475 e. The number of ether oxygens (including phenoxy) is 1. The van der Waals surface area contributed by atoms with Gasteiger partial charge in [-0.25, -0.2) is 0 Å². The highest BCUT2D eigenvalue weighted by atomic mass is 16.5. The van der Waals surface area contributed by atoms with Crippen LogP contribution < -0.4 is 15.6 Å². The number of aromatic nitrogens is 2. The number of aliphatic hydroxyl groups is 1. The first kappa shape index (κ1) is 16.4. The predicted molar refractivity (Wildman–Crippen MR) is 95.0 cm³/mol. The minimum absolute atomic E-state index is 0.0170. The van der Waals surface area contributed by atoms with Crippen LogP contribution in [-0.4, -0.2) is 40.2 Å². The second-order valence-electron chi connectivity index (χ2n) is 6.33. The Bertz CT molecular complexity index is 1040. The first-order chi connectivity index (χ1) is 12.7. The zero-order chi connectivity index (χ0) is 18.1. The summed E-state index contributed by atoms with van der Waals surface area (Å²) in [7, 11) is 0. The highest BCUT2D eigenvalue weighted by Crippen LogP contribution is 2.27. The largest absolute Gasteiger partial charge is 0.475 e. The van der Waals surface area contributed by atoms with E-state index < -0.39 is 0 Å². The van der Waals surface area contributed by atoms with Gasteiger partial charge in [0.2, 0.25) is 11.8 Å². The number of H-pyrrole nitrogens is 1. The van der Waals surface area contributed by atoms with Crippen molar-refractivity contribution in [1.29, 1.82) is 0 Å². The van der Waals surface area contributed by atoms with Crippen molar-refractivity contribution >= 4 is 27.5 Å². The Hall–Kier alpha value is -3.11. The van der Waals surface area contributed by atoms with Gasteiger partial charge in [-0.05, 0) is 42.0 Å². The first-order valence-corrected chi connectivity index (χ1v) is 8.46. The summed E-state index contributed by atoms with van der Waals surface area (Å²) in [6.07, 6.45) is 5.96. The fourth-order valence-corrected chi connectivity index (χ4v) is 3.26. The lowest BCUT2D eigenvalue weighted by molar-refractivity contribution is -0.119. The lowest BCUT2D eigenvalue weighted by Crippen LogP contribution is -2.31. The molecule has 0 spiro atoms. The number of benzene rings is 1. The van der Waals surface area contributed by atoms with Crippen LogP contribution in [0.3, 0.4) is 0 Å². The SMILES string of the molecule is O=C1CC[C@@H](COc2nc#cc3cc4c(=O)[nH]cc(CCO)c4cc23)N1. The maximum atomic E-state index is 12.2. The number of carbonyl (C=O) groups excluding carboxylic acids is 1. The molecule has 1 aliphatic heterocycles. The smallest absolute Gasteiger partial charge is 0.255 e. The normalized spacial score (nSPS) is 16.7. The summed E-state index contributed by atoms with van der Waals surface area (Å²) >= 11 is 0. The Kier molecular flexibility index (Phi) is 4.19. The topological polar surface area (TPSA) is 104 Å². The van der Waals surface area contributed by atoms with E-state index in [9.17, 15) is 14.7 Å². The van der Waals surface area contributed by atoms with Gasteiger partial charge in [0.15, 0.2) is 0 Å². The molecular weight excluding hydrogens is 334 g/mol. The number of nitrogens with one attached hydrogen (secondary N) is 2. The highest BCUT2D eigenvalue weighted by molar-refractivity contribution is 6.00. The predicted octanol–water partition coefficient (Wildman–Crippen LogP) is 0.869. The maximum Gasteiger partial charge on any atom is 0.255 e. The van der Waals surface area contributed by atoms with Crippen LogP contribution in [0.15, 0.2) is 23.1 Å². The standard InChI is InChI=1S/C19H17N3O4/c23-6-4-12-9-21-18(25)16-7-11-3-5-20-19(15(11)8-14(12)16)26-10-13-1-2-17(24)22-13/h7-9,13,23H,1-2,4,6,10H2,(H,21,25)(H,22,24)/t13-/m0/s1. The van der Waals surface area contributed by atoms with Crippen LogP contribution in [0.5, 0.6) is 5.88 Å². The van der Waals surface area contributed by atoms with Crippen molar-refractivity contribution in [3.8, 4) is 5.88 Å². The fourth-order valence-electron chi connectivity index (χ4n) is 3.26. The van der Waals surface area contributed by atoms with Gasteiger partial charge in [-0.2, -0.15) is 4.98 Å². The van der Waals surface area contributed by atoms with E-state index in [0.29, 0.717) is 41.5 Å². The molecule has 26 heavy (non-hydrogen) atoms. The van der Waals surface area contributed by atoms with Crippen LogP contribution in [-0.2, 0) is 11.2 Å². The van der Waals surface area contributed by atoms with Gasteiger partial charge in [0.05, 0.1) is 11.4 Å². The Balaban J connectivity index is 1.76. The summed E-state index contributed by atoms with van der Waals surface area (Å²) in [5.41, 5.74) is 0.635. The molecular formula is C19H17N3O4. The van der Waals surface area contributed by atoms with Gasteiger partial charge in [-0.3, -0.25) is 9.59 Å². The van der Waals surface area contributed by atoms with Crippen molar-refractivity contribution < 1.29 is 14.6 Å². The van der Waals surface area contributed by atoms with E-state index in [1.807, 2.05) is 6.07 Å². The zero-order valence-electron chi connectivity index (χ0n) is 14.0. The highest BCUT2D eigenvalue weighted by Gasteiger charge is 2.21. The second-order valence-corrected chi connectivity index (χ2v) is 6.33. The molecule has 0 bridgehead atoms. The number of nitrogens with zero attached hydrogens (tertiary/aromatic N) is 1. The van der Waals surface area contributed by atoms with E-state index in [-0.39, 0.29) is 24.1 Å². The summed E-state index contributed by atoms with van der Waals surface area (Å²) in [5, 5.41) is 14.8. The molecule has 1 fully saturated rings. The van der Waals surface area contributed by atoms with Gasteiger partial charge >= 0.3 is 0 Å². The fraction of sp³-hybridized carbons (Fsp3) is 0.316. The number of carbonyl (C=O) groups is 1. The lowest BCUT2D eigenvalue weighted by Gasteiger charge is -2.12. The number of amides is 1. The molecule has 0 aliphatic carbocycles. The lowest BCUT2D eigenvalue weighted by atomic mass is 10.0.